The van der Waals surface area contributed by atoms with Gasteiger partial charge in [0, 0.05) is 31.0 Å². The summed E-state index contributed by atoms with van der Waals surface area (Å²) in [5.74, 6) is 0.959. The van der Waals surface area contributed by atoms with Gasteiger partial charge in [-0.2, -0.15) is 0 Å². The summed E-state index contributed by atoms with van der Waals surface area (Å²) < 4.78 is 0. The monoisotopic (exact) mass is 262 g/mol. The summed E-state index contributed by atoms with van der Waals surface area (Å²) in [6.45, 7) is 8.24. The van der Waals surface area contributed by atoms with Crippen molar-refractivity contribution >= 4 is 11.9 Å². The van der Waals surface area contributed by atoms with Gasteiger partial charge in [-0.1, -0.05) is 0 Å². The van der Waals surface area contributed by atoms with Crippen LogP contribution >= 0.6 is 0 Å². The van der Waals surface area contributed by atoms with Crippen LogP contribution in [0, 0.1) is 19.8 Å². The van der Waals surface area contributed by atoms with Gasteiger partial charge in [0.2, 0.25) is 11.9 Å². The van der Waals surface area contributed by atoms with Gasteiger partial charge in [-0.25, -0.2) is 9.97 Å². The number of carbonyl (C=O) groups excluding carboxylic acids is 1. The fraction of sp³-hybridized carbons (Fsp3) is 0.643. The fourth-order valence-corrected chi connectivity index (χ4v) is 2.54. The number of nitrogens with one attached hydrogen (secondary N) is 1. The van der Waals surface area contributed by atoms with E-state index < -0.39 is 0 Å². The summed E-state index contributed by atoms with van der Waals surface area (Å²) >= 11 is 0. The molecule has 0 aliphatic carbocycles. The van der Waals surface area contributed by atoms with E-state index in [1.54, 1.807) is 0 Å². The Labute approximate surface area is 114 Å². The zero-order chi connectivity index (χ0) is 13.8. The largest absolute Gasteiger partial charge is 0.356 e. The number of piperidine rings is 1. The predicted molar refractivity (Wildman–Crippen MR) is 75.1 cm³/mol. The lowest BCUT2D eigenvalue weighted by atomic mass is 9.97. The molecule has 2 rings (SSSR count). The maximum atomic E-state index is 11.9. The molecule has 1 aliphatic heterocycles. The van der Waals surface area contributed by atoms with Crippen molar-refractivity contribution in [3.63, 3.8) is 0 Å². The van der Waals surface area contributed by atoms with E-state index in [2.05, 4.69) is 20.2 Å². The molecule has 1 atom stereocenters. The Kier molecular flexibility index (Phi) is 4.35. The van der Waals surface area contributed by atoms with Crippen LogP contribution in [-0.2, 0) is 4.79 Å². The number of aromatic nitrogens is 2. The zero-order valence-corrected chi connectivity index (χ0v) is 11.9. The van der Waals surface area contributed by atoms with E-state index in [1.807, 2.05) is 26.8 Å². The molecule has 2 heterocycles. The molecule has 1 aromatic heterocycles. The molecule has 1 fully saturated rings. The van der Waals surface area contributed by atoms with Crippen molar-refractivity contribution in [1.29, 1.82) is 0 Å². The van der Waals surface area contributed by atoms with Crippen molar-refractivity contribution < 1.29 is 4.79 Å². The number of amides is 1. The molecule has 5 nitrogen and oxygen atoms in total. The summed E-state index contributed by atoms with van der Waals surface area (Å²) in [6.07, 6.45) is 1.96. The van der Waals surface area contributed by atoms with Crippen LogP contribution in [0.25, 0.3) is 0 Å². The molecule has 19 heavy (non-hydrogen) atoms. The van der Waals surface area contributed by atoms with Crippen molar-refractivity contribution in [2.24, 2.45) is 5.92 Å². The second-order valence-electron chi connectivity index (χ2n) is 5.13. The highest BCUT2D eigenvalue weighted by Gasteiger charge is 2.26. The minimum Gasteiger partial charge on any atom is -0.356 e. The molecule has 1 N–H and O–H groups in total. The molecular formula is C14H22N4O. The first-order valence-corrected chi connectivity index (χ1v) is 6.95. The molecule has 1 saturated heterocycles. The summed E-state index contributed by atoms with van der Waals surface area (Å²) in [6, 6.07) is 1.97. The standard InChI is InChI=1S/C14H22N4O/c1-4-15-13(19)12-6-5-7-18(9-12)14-16-10(2)8-11(3)17-14/h8,12H,4-7,9H2,1-3H3,(H,15,19)/t12-/m0/s1. The van der Waals surface area contributed by atoms with E-state index in [0.29, 0.717) is 13.1 Å². The molecule has 104 valence electrons. The van der Waals surface area contributed by atoms with Gasteiger partial charge < -0.3 is 10.2 Å². The number of carbonyl (C=O) groups is 1. The Hall–Kier alpha value is -1.65. The van der Waals surface area contributed by atoms with E-state index in [9.17, 15) is 4.79 Å². The van der Waals surface area contributed by atoms with Gasteiger partial charge >= 0.3 is 0 Å². The van der Waals surface area contributed by atoms with Gasteiger partial charge in [0.25, 0.3) is 0 Å². The Morgan fingerprint density at radius 1 is 1.42 bits per heavy atom. The summed E-state index contributed by atoms with van der Waals surface area (Å²) in [4.78, 5) is 23.0. The number of rotatable bonds is 3. The molecule has 0 unspecified atom stereocenters. The highest BCUT2D eigenvalue weighted by molar-refractivity contribution is 5.79. The SMILES string of the molecule is CCNC(=O)[C@H]1CCCN(c2nc(C)cc(C)n2)C1. The van der Waals surface area contributed by atoms with Crippen molar-refractivity contribution in [2.45, 2.75) is 33.6 Å². The maximum absolute atomic E-state index is 11.9. The Bertz CT molecular complexity index is 441. The van der Waals surface area contributed by atoms with E-state index in [0.717, 1.165) is 36.7 Å². The normalized spacial score (nSPS) is 19.3. The van der Waals surface area contributed by atoms with Gasteiger partial charge in [-0.3, -0.25) is 4.79 Å². The first-order valence-electron chi connectivity index (χ1n) is 6.95. The number of nitrogens with zero attached hydrogens (tertiary/aromatic N) is 3. The van der Waals surface area contributed by atoms with Crippen LogP contribution in [0.15, 0.2) is 6.07 Å². The zero-order valence-electron chi connectivity index (χ0n) is 11.9. The van der Waals surface area contributed by atoms with E-state index in [1.165, 1.54) is 0 Å². The molecule has 0 spiro atoms. The summed E-state index contributed by atoms with van der Waals surface area (Å²) in [7, 11) is 0. The average molecular weight is 262 g/mol. The van der Waals surface area contributed by atoms with Crippen LogP contribution in [0.3, 0.4) is 0 Å². The highest BCUT2D eigenvalue weighted by atomic mass is 16.1. The van der Waals surface area contributed by atoms with Gasteiger partial charge in [0.15, 0.2) is 0 Å². The van der Waals surface area contributed by atoms with E-state index in [-0.39, 0.29) is 11.8 Å². The van der Waals surface area contributed by atoms with Crippen LogP contribution in [0.2, 0.25) is 0 Å². The molecule has 1 aliphatic rings. The van der Waals surface area contributed by atoms with E-state index >= 15 is 0 Å². The van der Waals surface area contributed by atoms with Crippen LogP contribution in [0.5, 0.6) is 0 Å². The highest BCUT2D eigenvalue weighted by Crippen LogP contribution is 2.21. The van der Waals surface area contributed by atoms with Crippen LogP contribution < -0.4 is 10.2 Å². The second kappa shape index (κ2) is 5.99. The summed E-state index contributed by atoms with van der Waals surface area (Å²) in [5.41, 5.74) is 1.95. The van der Waals surface area contributed by atoms with Gasteiger partial charge in [0.05, 0.1) is 5.92 Å². The minimum atomic E-state index is 0.0538. The topological polar surface area (TPSA) is 58.1 Å². The Morgan fingerprint density at radius 2 is 2.11 bits per heavy atom. The second-order valence-corrected chi connectivity index (χ2v) is 5.13. The van der Waals surface area contributed by atoms with Gasteiger partial charge in [-0.05, 0) is 39.7 Å². The first-order chi connectivity index (χ1) is 9.10. The number of hydrogen-bond donors (Lipinski definition) is 1. The molecule has 1 amide bonds. The molecular weight excluding hydrogens is 240 g/mol. The quantitative estimate of drug-likeness (QED) is 0.895. The van der Waals surface area contributed by atoms with Crippen molar-refractivity contribution in [3.05, 3.63) is 17.5 Å². The van der Waals surface area contributed by atoms with Gasteiger partial charge in [0.1, 0.15) is 0 Å². The van der Waals surface area contributed by atoms with Crippen LogP contribution in [0.4, 0.5) is 5.95 Å². The maximum Gasteiger partial charge on any atom is 0.225 e. The average Bonchev–Trinajstić information content (AvgIpc) is 2.38. The van der Waals surface area contributed by atoms with Crippen molar-refractivity contribution in [3.8, 4) is 0 Å². The van der Waals surface area contributed by atoms with Crippen LogP contribution in [-0.4, -0.2) is 35.5 Å². The lowest BCUT2D eigenvalue weighted by Gasteiger charge is -2.32. The molecule has 0 radical (unpaired) electrons. The number of aryl methyl sites for hydroxylation is 2. The molecule has 1 aromatic rings. The van der Waals surface area contributed by atoms with Crippen molar-refractivity contribution in [2.75, 3.05) is 24.5 Å². The lowest BCUT2D eigenvalue weighted by molar-refractivity contribution is -0.125. The fourth-order valence-electron chi connectivity index (χ4n) is 2.54. The third-order valence-electron chi connectivity index (χ3n) is 3.40. The third kappa shape index (κ3) is 3.43. The van der Waals surface area contributed by atoms with Crippen molar-refractivity contribution in [1.82, 2.24) is 15.3 Å². The predicted octanol–water partition coefficient (Wildman–Crippen LogP) is 1.45. The van der Waals surface area contributed by atoms with Gasteiger partial charge in [-0.15, -0.1) is 0 Å². The number of anilines is 1. The Morgan fingerprint density at radius 3 is 2.74 bits per heavy atom. The summed E-state index contributed by atoms with van der Waals surface area (Å²) in [5, 5.41) is 2.90. The molecule has 0 saturated carbocycles. The Balaban J connectivity index is 2.10. The number of hydrogen-bond acceptors (Lipinski definition) is 4. The third-order valence-corrected chi connectivity index (χ3v) is 3.40. The van der Waals surface area contributed by atoms with Crippen LogP contribution in [0.1, 0.15) is 31.2 Å². The minimum absolute atomic E-state index is 0.0538. The molecule has 0 bridgehead atoms. The first kappa shape index (κ1) is 13.8. The van der Waals surface area contributed by atoms with E-state index in [4.69, 9.17) is 0 Å². The molecule has 5 heteroatoms. The molecule has 0 aromatic carbocycles. The lowest BCUT2D eigenvalue weighted by Crippen LogP contribution is -2.43. The smallest absolute Gasteiger partial charge is 0.225 e.